The fourth-order valence-corrected chi connectivity index (χ4v) is 3.64. The van der Waals surface area contributed by atoms with E-state index in [-0.39, 0.29) is 23.5 Å². The number of rotatable bonds is 8. The minimum atomic E-state index is 0.0183. The molecular formula is C22H37N3O2. The van der Waals surface area contributed by atoms with E-state index in [1.54, 1.807) is 0 Å². The van der Waals surface area contributed by atoms with Gasteiger partial charge >= 0.3 is 0 Å². The summed E-state index contributed by atoms with van der Waals surface area (Å²) in [4.78, 5) is 14.8. The Labute approximate surface area is 164 Å². The number of nitrogens with one attached hydrogen (secondary N) is 2. The number of morpholine rings is 1. The standard InChI is InChI=1S/C22H37N3O2/c1-17(2)15-25-11-12-27-19(16-25)13-23-20(26)14-24-21(22(3,4)5)18-9-7-6-8-10-18/h6-10,17,19,21,24H,11-16H2,1-5H3,(H,23,26). The summed E-state index contributed by atoms with van der Waals surface area (Å²) >= 11 is 0. The van der Waals surface area contributed by atoms with E-state index < -0.39 is 0 Å². The van der Waals surface area contributed by atoms with E-state index in [1.165, 1.54) is 5.56 Å². The Morgan fingerprint density at radius 1 is 1.26 bits per heavy atom. The van der Waals surface area contributed by atoms with Crippen LogP contribution in [0.5, 0.6) is 0 Å². The summed E-state index contributed by atoms with van der Waals surface area (Å²) in [7, 11) is 0. The Morgan fingerprint density at radius 3 is 2.59 bits per heavy atom. The van der Waals surface area contributed by atoms with Gasteiger partial charge in [0.25, 0.3) is 0 Å². The minimum Gasteiger partial charge on any atom is -0.374 e. The highest BCUT2D eigenvalue weighted by Gasteiger charge is 2.26. The van der Waals surface area contributed by atoms with Crippen LogP contribution in [0, 0.1) is 11.3 Å². The number of hydrogen-bond donors (Lipinski definition) is 2. The van der Waals surface area contributed by atoms with Crippen LogP contribution in [0.4, 0.5) is 0 Å². The molecule has 0 aromatic heterocycles. The van der Waals surface area contributed by atoms with Crippen molar-refractivity contribution in [3.8, 4) is 0 Å². The quantitative estimate of drug-likeness (QED) is 0.734. The second-order valence-corrected chi connectivity index (χ2v) is 9.04. The van der Waals surface area contributed by atoms with E-state index in [1.807, 2.05) is 18.2 Å². The number of carbonyl (C=O) groups is 1. The molecule has 5 nitrogen and oxygen atoms in total. The Kier molecular flexibility index (Phi) is 8.27. The molecule has 27 heavy (non-hydrogen) atoms. The van der Waals surface area contributed by atoms with E-state index in [4.69, 9.17) is 4.74 Å². The molecular weight excluding hydrogens is 338 g/mol. The van der Waals surface area contributed by atoms with Gasteiger partial charge in [0.05, 0.1) is 19.3 Å². The highest BCUT2D eigenvalue weighted by Crippen LogP contribution is 2.32. The van der Waals surface area contributed by atoms with Crippen molar-refractivity contribution < 1.29 is 9.53 Å². The molecule has 2 unspecified atom stereocenters. The SMILES string of the molecule is CC(C)CN1CCOC(CNC(=O)CNC(c2ccccc2)C(C)(C)C)C1. The molecule has 2 atom stereocenters. The predicted octanol–water partition coefficient (Wildman–Crippen LogP) is 2.84. The van der Waals surface area contributed by atoms with E-state index in [0.29, 0.717) is 19.0 Å². The van der Waals surface area contributed by atoms with Gasteiger partial charge in [-0.05, 0) is 16.9 Å². The molecule has 2 rings (SSSR count). The third kappa shape index (κ3) is 7.60. The van der Waals surface area contributed by atoms with Gasteiger partial charge < -0.3 is 15.4 Å². The highest BCUT2D eigenvalue weighted by atomic mass is 16.5. The van der Waals surface area contributed by atoms with Crippen LogP contribution in [0.1, 0.15) is 46.2 Å². The molecule has 1 saturated heterocycles. The van der Waals surface area contributed by atoms with Crippen molar-refractivity contribution >= 4 is 5.91 Å². The molecule has 1 heterocycles. The smallest absolute Gasteiger partial charge is 0.234 e. The molecule has 0 aliphatic carbocycles. The lowest BCUT2D eigenvalue weighted by atomic mass is 9.82. The fourth-order valence-electron chi connectivity index (χ4n) is 3.64. The topological polar surface area (TPSA) is 53.6 Å². The van der Waals surface area contributed by atoms with E-state index in [9.17, 15) is 4.79 Å². The number of amides is 1. The zero-order chi connectivity index (χ0) is 19.9. The molecule has 1 aliphatic rings. The van der Waals surface area contributed by atoms with Crippen LogP contribution < -0.4 is 10.6 Å². The number of hydrogen-bond acceptors (Lipinski definition) is 4. The molecule has 1 fully saturated rings. The monoisotopic (exact) mass is 375 g/mol. The summed E-state index contributed by atoms with van der Waals surface area (Å²) in [5.41, 5.74) is 1.23. The van der Waals surface area contributed by atoms with Crippen molar-refractivity contribution in [2.24, 2.45) is 11.3 Å². The molecule has 152 valence electrons. The largest absolute Gasteiger partial charge is 0.374 e. The maximum atomic E-state index is 12.4. The van der Waals surface area contributed by atoms with Crippen molar-refractivity contribution in [2.45, 2.75) is 46.8 Å². The van der Waals surface area contributed by atoms with E-state index in [2.05, 4.69) is 62.3 Å². The summed E-state index contributed by atoms with van der Waals surface area (Å²) in [5, 5.41) is 6.47. The van der Waals surface area contributed by atoms with Gasteiger partial charge in [0.1, 0.15) is 0 Å². The van der Waals surface area contributed by atoms with Gasteiger partial charge in [0.2, 0.25) is 5.91 Å². The Hall–Kier alpha value is -1.43. The molecule has 1 amide bonds. The zero-order valence-electron chi connectivity index (χ0n) is 17.6. The molecule has 0 bridgehead atoms. The van der Waals surface area contributed by atoms with Crippen molar-refractivity contribution in [3.63, 3.8) is 0 Å². The molecule has 0 spiro atoms. The number of ether oxygens (including phenoxy) is 1. The van der Waals surface area contributed by atoms with Crippen LogP contribution in [0.15, 0.2) is 30.3 Å². The van der Waals surface area contributed by atoms with E-state index in [0.717, 1.165) is 26.2 Å². The van der Waals surface area contributed by atoms with Crippen LogP contribution >= 0.6 is 0 Å². The van der Waals surface area contributed by atoms with Crippen LogP contribution in [0.25, 0.3) is 0 Å². The van der Waals surface area contributed by atoms with Crippen LogP contribution in [0.3, 0.4) is 0 Å². The normalized spacial score (nSPS) is 19.9. The molecule has 0 saturated carbocycles. The van der Waals surface area contributed by atoms with Crippen LogP contribution in [0.2, 0.25) is 0 Å². The average Bonchev–Trinajstić information content (AvgIpc) is 2.60. The number of nitrogens with zero attached hydrogens (tertiary/aromatic N) is 1. The van der Waals surface area contributed by atoms with Gasteiger partial charge in [-0.15, -0.1) is 0 Å². The van der Waals surface area contributed by atoms with Gasteiger partial charge in [0, 0.05) is 32.2 Å². The number of carbonyl (C=O) groups excluding carboxylic acids is 1. The highest BCUT2D eigenvalue weighted by molar-refractivity contribution is 5.78. The van der Waals surface area contributed by atoms with Crippen molar-refractivity contribution in [2.75, 3.05) is 39.3 Å². The molecule has 1 aliphatic heterocycles. The first-order chi connectivity index (χ1) is 12.8. The van der Waals surface area contributed by atoms with Gasteiger partial charge in [-0.1, -0.05) is 65.0 Å². The van der Waals surface area contributed by atoms with Crippen LogP contribution in [-0.2, 0) is 9.53 Å². The third-order valence-corrected chi connectivity index (χ3v) is 4.84. The lowest BCUT2D eigenvalue weighted by Crippen LogP contribution is -2.49. The van der Waals surface area contributed by atoms with Crippen molar-refractivity contribution in [1.82, 2.24) is 15.5 Å². The first-order valence-electron chi connectivity index (χ1n) is 10.1. The molecule has 1 aromatic carbocycles. The maximum absolute atomic E-state index is 12.4. The summed E-state index contributed by atoms with van der Waals surface area (Å²) in [6.07, 6.45) is 0.0778. The zero-order valence-corrected chi connectivity index (χ0v) is 17.6. The Morgan fingerprint density at radius 2 is 1.96 bits per heavy atom. The predicted molar refractivity (Wildman–Crippen MR) is 111 cm³/mol. The maximum Gasteiger partial charge on any atom is 0.234 e. The van der Waals surface area contributed by atoms with Crippen molar-refractivity contribution in [1.29, 1.82) is 0 Å². The summed E-state index contributed by atoms with van der Waals surface area (Å²) in [6.45, 7) is 15.6. The first kappa shape index (κ1) is 21.9. The average molecular weight is 376 g/mol. The van der Waals surface area contributed by atoms with Gasteiger partial charge in [-0.2, -0.15) is 0 Å². The summed E-state index contributed by atoms with van der Waals surface area (Å²) < 4.78 is 5.81. The summed E-state index contributed by atoms with van der Waals surface area (Å²) in [6, 6.07) is 10.4. The molecule has 5 heteroatoms. The molecule has 0 radical (unpaired) electrons. The second kappa shape index (κ2) is 10.2. The molecule has 2 N–H and O–H groups in total. The molecule has 1 aromatic rings. The lowest BCUT2D eigenvalue weighted by molar-refractivity contribution is -0.121. The van der Waals surface area contributed by atoms with Gasteiger partial charge in [-0.25, -0.2) is 0 Å². The Bertz CT molecular complexity index is 569. The summed E-state index contributed by atoms with van der Waals surface area (Å²) in [5.74, 6) is 0.666. The van der Waals surface area contributed by atoms with Gasteiger partial charge in [0.15, 0.2) is 0 Å². The fraction of sp³-hybridized carbons (Fsp3) is 0.682. The third-order valence-electron chi connectivity index (χ3n) is 4.84. The van der Waals surface area contributed by atoms with Crippen LogP contribution in [-0.4, -0.2) is 56.2 Å². The number of benzene rings is 1. The van der Waals surface area contributed by atoms with E-state index >= 15 is 0 Å². The second-order valence-electron chi connectivity index (χ2n) is 9.04. The van der Waals surface area contributed by atoms with Crippen molar-refractivity contribution in [3.05, 3.63) is 35.9 Å². The Balaban J connectivity index is 1.79. The lowest BCUT2D eigenvalue weighted by Gasteiger charge is -2.34. The first-order valence-corrected chi connectivity index (χ1v) is 10.1. The van der Waals surface area contributed by atoms with Gasteiger partial charge in [-0.3, -0.25) is 9.69 Å². The minimum absolute atomic E-state index is 0.0183.